The van der Waals surface area contributed by atoms with Gasteiger partial charge in [0.15, 0.2) is 0 Å². The number of hydrogen-bond acceptors (Lipinski definition) is 7. The average Bonchev–Trinajstić information content (AvgIpc) is 3.77. The summed E-state index contributed by atoms with van der Waals surface area (Å²) in [6, 6.07) is 17.3. The molecule has 0 aromatic heterocycles. The Morgan fingerprint density at radius 2 is 1.67 bits per heavy atom. The van der Waals surface area contributed by atoms with Crippen molar-refractivity contribution in [2.75, 3.05) is 46.6 Å². The number of ether oxygens (including phenoxy) is 2. The molecule has 3 heterocycles. The summed E-state index contributed by atoms with van der Waals surface area (Å²) in [6.07, 6.45) is 2.21. The van der Waals surface area contributed by atoms with Crippen LogP contribution < -0.4 is 15.4 Å². The number of nitrogens with one attached hydrogen (secondary N) is 3. The minimum atomic E-state index is -1.73. The smallest absolute Gasteiger partial charge is 0.492 e. The first kappa shape index (κ1) is 31.0. The Morgan fingerprint density at radius 1 is 1.00 bits per heavy atom. The van der Waals surface area contributed by atoms with Crippen LogP contribution in [-0.2, 0) is 41.4 Å². The fraction of sp³-hybridized carbons (Fsp3) is 0.516. The zero-order valence-electron chi connectivity index (χ0n) is 24.9. The van der Waals surface area contributed by atoms with Gasteiger partial charge in [0.25, 0.3) is 0 Å². The molecule has 12 heteroatoms. The van der Waals surface area contributed by atoms with Crippen molar-refractivity contribution in [1.29, 1.82) is 0 Å². The highest BCUT2D eigenvalue weighted by atomic mass is 16.6. The standard InChI is InChI=1S/C31H43BN4O7/c1-40-19-9-15-28(32-35(17-20-42-32)18-21-43-32)34-29(37)27-14-8-16-36(27)30(38)26(22-24-10-4-2-5-11-24)33-31(39)41-23-25-12-6-3-7-13-25/h2-7,10-13,26-28,35H,8-9,14-23H2,1H3,(H,33,39)(H,34,37)/t26-,27+,28+/m1/s1. The molecule has 3 aliphatic rings. The van der Waals surface area contributed by atoms with Crippen LogP contribution in [0.4, 0.5) is 4.79 Å². The lowest BCUT2D eigenvalue weighted by Crippen LogP contribution is -3.21. The number of fused-ring (bicyclic) bond motifs is 1. The Kier molecular flexibility index (Phi) is 10.7. The lowest BCUT2D eigenvalue weighted by atomic mass is 9.60. The van der Waals surface area contributed by atoms with E-state index < -0.39 is 24.9 Å². The predicted octanol–water partition coefficient (Wildman–Crippen LogP) is 0.850. The van der Waals surface area contributed by atoms with Crippen LogP contribution in [0.15, 0.2) is 60.7 Å². The molecule has 0 saturated carbocycles. The molecule has 2 aromatic carbocycles. The summed E-state index contributed by atoms with van der Waals surface area (Å²) in [4.78, 5) is 43.6. The molecule has 3 atom stereocenters. The molecule has 43 heavy (non-hydrogen) atoms. The maximum atomic E-state index is 14.0. The van der Waals surface area contributed by atoms with Crippen molar-refractivity contribution >= 4 is 24.6 Å². The predicted molar refractivity (Wildman–Crippen MR) is 160 cm³/mol. The Hall–Kier alpha value is -3.45. The highest BCUT2D eigenvalue weighted by molar-refractivity contribution is 6.61. The molecule has 3 fully saturated rings. The zero-order valence-corrected chi connectivity index (χ0v) is 24.9. The second kappa shape index (κ2) is 14.8. The number of likely N-dealkylation sites (tertiary alicyclic amines) is 1. The van der Waals surface area contributed by atoms with Gasteiger partial charge >= 0.3 is 12.8 Å². The first-order valence-electron chi connectivity index (χ1n) is 15.4. The van der Waals surface area contributed by atoms with Crippen molar-refractivity contribution < 1.29 is 38.0 Å². The fourth-order valence-corrected chi connectivity index (χ4v) is 6.65. The van der Waals surface area contributed by atoms with E-state index in [-0.39, 0.29) is 30.8 Å². The van der Waals surface area contributed by atoms with Gasteiger partial charge < -0.3 is 39.1 Å². The molecule has 11 nitrogen and oxygen atoms in total. The monoisotopic (exact) mass is 594 g/mol. The molecule has 5 rings (SSSR count). The van der Waals surface area contributed by atoms with Crippen molar-refractivity contribution in [2.24, 2.45) is 0 Å². The summed E-state index contributed by atoms with van der Waals surface area (Å²) >= 11 is 0. The van der Waals surface area contributed by atoms with Crippen molar-refractivity contribution in [3.05, 3.63) is 71.8 Å². The molecule has 3 amide bonds. The molecule has 0 unspecified atom stereocenters. The number of benzene rings is 2. The van der Waals surface area contributed by atoms with Crippen LogP contribution in [0.5, 0.6) is 0 Å². The molecule has 2 aromatic rings. The van der Waals surface area contributed by atoms with Crippen LogP contribution in [0.1, 0.15) is 36.8 Å². The number of rotatable bonds is 13. The van der Waals surface area contributed by atoms with E-state index in [1.165, 1.54) is 4.81 Å². The number of methoxy groups -OCH3 is 1. The summed E-state index contributed by atoms with van der Waals surface area (Å²) in [5.74, 6) is -0.856. The van der Waals surface area contributed by atoms with Gasteiger partial charge in [0, 0.05) is 32.6 Å². The van der Waals surface area contributed by atoms with Gasteiger partial charge in [0.1, 0.15) is 18.7 Å². The Bertz CT molecular complexity index is 1210. The highest BCUT2D eigenvalue weighted by Crippen LogP contribution is 2.23. The molecule has 232 valence electrons. The summed E-state index contributed by atoms with van der Waals surface area (Å²) in [6.45, 7) is 2.22. The van der Waals surface area contributed by atoms with E-state index in [0.29, 0.717) is 45.6 Å². The second-order valence-electron chi connectivity index (χ2n) is 11.6. The van der Waals surface area contributed by atoms with Crippen LogP contribution in [0.2, 0.25) is 0 Å². The maximum Gasteiger partial charge on any atom is 0.492 e. The van der Waals surface area contributed by atoms with Crippen molar-refractivity contribution in [1.82, 2.24) is 15.5 Å². The number of hydrogen-bond donors (Lipinski definition) is 3. The number of carbonyl (C=O) groups is 3. The highest BCUT2D eigenvalue weighted by Gasteiger charge is 2.56. The summed E-state index contributed by atoms with van der Waals surface area (Å²) in [7, 11) is 1.66. The Balaban J connectivity index is 1.28. The summed E-state index contributed by atoms with van der Waals surface area (Å²) in [5.41, 5.74) is 1.74. The molecule has 3 N–H and O–H groups in total. The third-order valence-electron chi connectivity index (χ3n) is 8.79. The van der Waals surface area contributed by atoms with Crippen LogP contribution in [-0.4, -0.2) is 94.1 Å². The Labute approximate surface area is 253 Å². The molecule has 0 spiro atoms. The van der Waals surface area contributed by atoms with Gasteiger partial charge in [-0.25, -0.2) is 4.79 Å². The molecular formula is C31H43BN4O7. The van der Waals surface area contributed by atoms with Crippen molar-refractivity contribution in [3.63, 3.8) is 0 Å². The third-order valence-corrected chi connectivity index (χ3v) is 8.79. The molecule has 0 aliphatic carbocycles. The average molecular weight is 595 g/mol. The van der Waals surface area contributed by atoms with Crippen molar-refractivity contribution in [3.8, 4) is 0 Å². The number of quaternary nitrogens is 1. The maximum absolute atomic E-state index is 14.0. The van der Waals surface area contributed by atoms with E-state index in [1.807, 2.05) is 60.7 Å². The van der Waals surface area contributed by atoms with Gasteiger partial charge in [-0.1, -0.05) is 67.1 Å². The van der Waals surface area contributed by atoms with Crippen molar-refractivity contribution in [2.45, 2.75) is 56.7 Å². The summed E-state index contributed by atoms with van der Waals surface area (Å²) in [5, 5.41) is 6.01. The van der Waals surface area contributed by atoms with Gasteiger partial charge in [-0.3, -0.25) is 9.59 Å². The normalized spacial score (nSPS) is 24.3. The van der Waals surface area contributed by atoms with E-state index in [4.69, 9.17) is 18.8 Å². The molecular weight excluding hydrogens is 551 g/mol. The largest absolute Gasteiger partial charge is 0.508 e. The molecule has 3 aliphatic heterocycles. The number of carbonyl (C=O) groups excluding carboxylic acids is 3. The van der Waals surface area contributed by atoms with Gasteiger partial charge in [-0.05, 0) is 30.4 Å². The summed E-state index contributed by atoms with van der Waals surface area (Å²) < 4.78 is 23.1. The first-order valence-corrected chi connectivity index (χ1v) is 15.4. The lowest BCUT2D eigenvalue weighted by Gasteiger charge is -2.40. The number of nitrogens with zero attached hydrogens (tertiary/aromatic N) is 1. The van der Waals surface area contributed by atoms with E-state index in [9.17, 15) is 14.4 Å². The lowest BCUT2D eigenvalue weighted by molar-refractivity contribution is -0.785. The fourth-order valence-electron chi connectivity index (χ4n) is 6.65. The minimum absolute atomic E-state index is 0.0881. The van der Waals surface area contributed by atoms with Gasteiger partial charge in [0.2, 0.25) is 11.8 Å². The second-order valence-corrected chi connectivity index (χ2v) is 11.6. The van der Waals surface area contributed by atoms with Crippen LogP contribution in [0, 0.1) is 0 Å². The van der Waals surface area contributed by atoms with E-state index >= 15 is 0 Å². The van der Waals surface area contributed by atoms with E-state index in [2.05, 4.69) is 10.6 Å². The number of alkyl carbamates (subject to hydrolysis) is 1. The zero-order chi connectivity index (χ0) is 30.1. The SMILES string of the molecule is COCCC[C@H](NC(=O)[C@@H]1CCCN1C(=O)[C@@H](Cc1ccccc1)NC(=O)OCc1ccccc1)[B-]12OCC[NH+]1CCO2. The van der Waals surface area contributed by atoms with Crippen LogP contribution >= 0.6 is 0 Å². The number of amides is 3. The van der Waals surface area contributed by atoms with Gasteiger partial charge in [-0.2, -0.15) is 0 Å². The van der Waals surface area contributed by atoms with Crippen LogP contribution in [0.25, 0.3) is 0 Å². The quantitative estimate of drug-likeness (QED) is 0.233. The van der Waals surface area contributed by atoms with Crippen LogP contribution in [0.3, 0.4) is 0 Å². The molecule has 0 bridgehead atoms. The minimum Gasteiger partial charge on any atom is -0.508 e. The molecule has 0 radical (unpaired) electrons. The van der Waals surface area contributed by atoms with Gasteiger partial charge in [0.05, 0.1) is 26.3 Å². The topological polar surface area (TPSA) is 120 Å². The van der Waals surface area contributed by atoms with Gasteiger partial charge in [-0.15, -0.1) is 0 Å². The van der Waals surface area contributed by atoms with E-state index in [1.54, 1.807) is 12.0 Å². The first-order chi connectivity index (χ1) is 21.0. The molecule has 3 saturated heterocycles. The Morgan fingerprint density at radius 3 is 2.35 bits per heavy atom. The third kappa shape index (κ3) is 7.56. The van der Waals surface area contributed by atoms with E-state index in [0.717, 1.165) is 30.6 Å².